The number of amides is 1. The predicted molar refractivity (Wildman–Crippen MR) is 116 cm³/mol. The van der Waals surface area contributed by atoms with Gasteiger partial charge in [0, 0.05) is 5.56 Å². The van der Waals surface area contributed by atoms with Gasteiger partial charge in [-0.1, -0.05) is 41.9 Å². The summed E-state index contributed by atoms with van der Waals surface area (Å²) in [4.78, 5) is 11.9. The van der Waals surface area contributed by atoms with Gasteiger partial charge in [0.05, 0.1) is 22.1 Å². The molecule has 0 aromatic heterocycles. The minimum Gasteiger partial charge on any atom is -0.486 e. The highest BCUT2D eigenvalue weighted by Gasteiger charge is 2.11. The van der Waals surface area contributed by atoms with Crippen molar-refractivity contribution >= 4 is 39.7 Å². The number of nitrogens with zero attached hydrogens (tertiary/aromatic N) is 1. The Hall–Kier alpha value is -2.77. The van der Waals surface area contributed by atoms with Crippen LogP contribution < -0.4 is 10.2 Å². The van der Waals surface area contributed by atoms with Gasteiger partial charge in [0.1, 0.15) is 18.2 Å². The first kappa shape index (κ1) is 21.9. The van der Waals surface area contributed by atoms with Crippen molar-refractivity contribution in [3.05, 3.63) is 98.5 Å². The third-order valence-electron chi connectivity index (χ3n) is 4.03. The molecule has 3 aromatic rings. The van der Waals surface area contributed by atoms with Gasteiger partial charge >= 0.3 is 0 Å². The van der Waals surface area contributed by atoms with Gasteiger partial charge in [0.2, 0.25) is 5.91 Å². The second-order valence-corrected chi connectivity index (χ2v) is 7.55. The van der Waals surface area contributed by atoms with Crippen molar-refractivity contribution in [3.63, 3.8) is 0 Å². The standard InChI is InChI=1S/C22H16BrClF2N2O2/c23-18-9-15(12-27-28-21(29)11-14-5-7-17(25)8-6-14)10-19(24)22(18)30-13-16-3-1-2-4-20(16)26/h1-10,12H,11,13H2,(H,28,29)/b27-12+. The van der Waals surface area contributed by atoms with E-state index in [-0.39, 0.29) is 30.6 Å². The first-order chi connectivity index (χ1) is 14.4. The summed E-state index contributed by atoms with van der Waals surface area (Å²) in [6.07, 6.45) is 1.50. The molecular formula is C22H16BrClF2N2O2. The van der Waals surface area contributed by atoms with E-state index in [2.05, 4.69) is 26.5 Å². The minimum atomic E-state index is -0.360. The Bertz CT molecular complexity index is 1050. The number of rotatable bonds is 7. The van der Waals surface area contributed by atoms with Gasteiger partial charge in [-0.15, -0.1) is 0 Å². The summed E-state index contributed by atoms with van der Waals surface area (Å²) >= 11 is 9.65. The molecule has 0 aliphatic rings. The van der Waals surface area contributed by atoms with E-state index in [1.54, 1.807) is 30.3 Å². The topological polar surface area (TPSA) is 50.7 Å². The van der Waals surface area contributed by atoms with Crippen LogP contribution in [-0.2, 0) is 17.8 Å². The molecule has 30 heavy (non-hydrogen) atoms. The largest absolute Gasteiger partial charge is 0.486 e. The van der Waals surface area contributed by atoms with Crippen LogP contribution in [0.2, 0.25) is 5.02 Å². The number of carbonyl (C=O) groups excluding carboxylic acids is 1. The Balaban J connectivity index is 1.59. The Morgan fingerprint density at radius 1 is 1.13 bits per heavy atom. The molecule has 0 aliphatic heterocycles. The van der Waals surface area contributed by atoms with Crippen molar-refractivity contribution in [1.29, 1.82) is 0 Å². The van der Waals surface area contributed by atoms with E-state index < -0.39 is 0 Å². The molecule has 8 heteroatoms. The summed E-state index contributed by atoms with van der Waals surface area (Å²) < 4.78 is 32.8. The van der Waals surface area contributed by atoms with Gasteiger partial charge in [0.25, 0.3) is 0 Å². The monoisotopic (exact) mass is 492 g/mol. The Morgan fingerprint density at radius 3 is 2.57 bits per heavy atom. The average Bonchev–Trinajstić information content (AvgIpc) is 2.70. The summed E-state index contributed by atoms with van der Waals surface area (Å²) in [5, 5.41) is 4.21. The lowest BCUT2D eigenvalue weighted by atomic mass is 10.1. The normalized spacial score (nSPS) is 10.9. The summed E-state index contributed by atoms with van der Waals surface area (Å²) in [6, 6.07) is 15.3. The molecule has 0 radical (unpaired) electrons. The maximum Gasteiger partial charge on any atom is 0.244 e. The lowest BCUT2D eigenvalue weighted by Gasteiger charge is -2.11. The van der Waals surface area contributed by atoms with Crippen LogP contribution in [0.1, 0.15) is 16.7 Å². The second kappa shape index (κ2) is 10.3. The highest BCUT2D eigenvalue weighted by atomic mass is 79.9. The number of hydrogen-bond acceptors (Lipinski definition) is 3. The number of hydrazone groups is 1. The van der Waals surface area contributed by atoms with Crippen molar-refractivity contribution in [3.8, 4) is 5.75 Å². The molecule has 0 saturated heterocycles. The first-order valence-electron chi connectivity index (χ1n) is 8.84. The molecule has 1 N–H and O–H groups in total. The van der Waals surface area contributed by atoms with Crippen LogP contribution in [0.4, 0.5) is 8.78 Å². The predicted octanol–water partition coefficient (Wildman–Crippen LogP) is 5.65. The zero-order chi connectivity index (χ0) is 21.5. The van der Waals surface area contributed by atoms with E-state index in [1.165, 1.54) is 36.5 Å². The molecule has 0 atom stereocenters. The smallest absolute Gasteiger partial charge is 0.244 e. The third kappa shape index (κ3) is 6.11. The van der Waals surface area contributed by atoms with Crippen LogP contribution in [0, 0.1) is 11.6 Å². The average molecular weight is 494 g/mol. The third-order valence-corrected chi connectivity index (χ3v) is 4.90. The van der Waals surface area contributed by atoms with Crippen molar-refractivity contribution in [1.82, 2.24) is 5.43 Å². The van der Waals surface area contributed by atoms with Crippen LogP contribution in [-0.4, -0.2) is 12.1 Å². The van der Waals surface area contributed by atoms with Crippen LogP contribution >= 0.6 is 27.5 Å². The molecule has 0 spiro atoms. The first-order valence-corrected chi connectivity index (χ1v) is 10.0. The van der Waals surface area contributed by atoms with Gasteiger partial charge < -0.3 is 4.74 Å². The molecule has 154 valence electrons. The highest BCUT2D eigenvalue weighted by molar-refractivity contribution is 9.10. The molecule has 0 unspecified atom stereocenters. The fraction of sp³-hybridized carbons (Fsp3) is 0.0909. The van der Waals surface area contributed by atoms with Gasteiger partial charge in [0.15, 0.2) is 5.75 Å². The van der Waals surface area contributed by atoms with E-state index in [0.717, 1.165) is 0 Å². The molecule has 3 aromatic carbocycles. The molecule has 0 bridgehead atoms. The molecule has 0 heterocycles. The van der Waals surface area contributed by atoms with Crippen LogP contribution in [0.15, 0.2) is 70.2 Å². The van der Waals surface area contributed by atoms with E-state index in [9.17, 15) is 13.6 Å². The lowest BCUT2D eigenvalue weighted by molar-refractivity contribution is -0.120. The van der Waals surface area contributed by atoms with Crippen molar-refractivity contribution < 1.29 is 18.3 Å². The molecule has 0 fully saturated rings. The van der Waals surface area contributed by atoms with Gasteiger partial charge in [-0.3, -0.25) is 4.79 Å². The Morgan fingerprint density at radius 2 is 1.87 bits per heavy atom. The van der Waals surface area contributed by atoms with Crippen LogP contribution in [0.25, 0.3) is 0 Å². The molecule has 4 nitrogen and oxygen atoms in total. The maximum atomic E-state index is 13.7. The summed E-state index contributed by atoms with van der Waals surface area (Å²) in [6.45, 7) is 0.0257. The number of halogens is 4. The van der Waals surface area contributed by atoms with Crippen molar-refractivity contribution in [2.75, 3.05) is 0 Å². The number of benzene rings is 3. The van der Waals surface area contributed by atoms with Gasteiger partial charge in [-0.05, 0) is 57.4 Å². The van der Waals surface area contributed by atoms with E-state index >= 15 is 0 Å². The van der Waals surface area contributed by atoms with Crippen molar-refractivity contribution in [2.24, 2.45) is 5.10 Å². The van der Waals surface area contributed by atoms with Crippen LogP contribution in [0.3, 0.4) is 0 Å². The molecule has 0 saturated carbocycles. The van der Waals surface area contributed by atoms with E-state index in [4.69, 9.17) is 16.3 Å². The number of ether oxygens (including phenoxy) is 1. The zero-order valence-corrected chi connectivity index (χ0v) is 17.9. The SMILES string of the molecule is O=C(Cc1ccc(F)cc1)N/N=C/c1cc(Cl)c(OCc2ccccc2F)c(Br)c1. The van der Waals surface area contributed by atoms with Crippen LogP contribution in [0.5, 0.6) is 5.75 Å². The van der Waals surface area contributed by atoms with Crippen molar-refractivity contribution in [2.45, 2.75) is 13.0 Å². The van der Waals surface area contributed by atoms with Gasteiger partial charge in [-0.25, -0.2) is 14.2 Å². The molecule has 3 rings (SSSR count). The Labute approximate surface area is 185 Å². The zero-order valence-electron chi connectivity index (χ0n) is 15.5. The minimum absolute atomic E-state index is 0.0257. The van der Waals surface area contributed by atoms with E-state index in [1.807, 2.05) is 0 Å². The fourth-order valence-corrected chi connectivity index (χ4v) is 3.55. The molecule has 1 amide bonds. The lowest BCUT2D eigenvalue weighted by Crippen LogP contribution is -2.19. The quantitative estimate of drug-likeness (QED) is 0.341. The molecular weight excluding hydrogens is 478 g/mol. The highest BCUT2D eigenvalue weighted by Crippen LogP contribution is 2.34. The summed E-state index contributed by atoms with van der Waals surface area (Å²) in [7, 11) is 0. The fourth-order valence-electron chi connectivity index (χ4n) is 2.56. The number of hydrogen-bond donors (Lipinski definition) is 1. The second-order valence-electron chi connectivity index (χ2n) is 6.29. The summed E-state index contributed by atoms with van der Waals surface area (Å²) in [5.74, 6) is -0.684. The van der Waals surface area contributed by atoms with E-state index in [0.29, 0.717) is 31.9 Å². The van der Waals surface area contributed by atoms with Gasteiger partial charge in [-0.2, -0.15) is 5.10 Å². The molecule has 0 aliphatic carbocycles. The summed E-state index contributed by atoms with van der Waals surface area (Å²) in [5.41, 5.74) is 4.11. The number of carbonyl (C=O) groups is 1. The maximum absolute atomic E-state index is 13.7. The Kier molecular flexibility index (Phi) is 7.54. The number of nitrogens with one attached hydrogen (secondary N) is 1.